The van der Waals surface area contributed by atoms with Crippen LogP contribution in [0.4, 0.5) is 0 Å². The van der Waals surface area contributed by atoms with Crippen LogP contribution >= 0.6 is 0 Å². The molecule has 2 aromatic carbocycles. The summed E-state index contributed by atoms with van der Waals surface area (Å²) in [6, 6.07) is 17.8. The number of ether oxygens (including phenoxy) is 1. The van der Waals surface area contributed by atoms with Crippen LogP contribution in [0, 0.1) is 0 Å². The molecule has 0 amide bonds. The van der Waals surface area contributed by atoms with Crippen molar-refractivity contribution in [3.63, 3.8) is 0 Å². The topological polar surface area (TPSA) is 65.9 Å². The quantitative estimate of drug-likeness (QED) is 0.503. The highest BCUT2D eigenvalue weighted by Crippen LogP contribution is 2.17. The Morgan fingerprint density at radius 2 is 1.73 bits per heavy atom. The van der Waals surface area contributed by atoms with Crippen molar-refractivity contribution in [2.24, 2.45) is 4.99 Å². The van der Waals surface area contributed by atoms with E-state index in [0.29, 0.717) is 25.0 Å². The fourth-order valence-electron chi connectivity index (χ4n) is 2.59. The third kappa shape index (κ3) is 6.08. The fraction of sp³-hybridized carbons (Fsp3) is 0.381. The van der Waals surface area contributed by atoms with E-state index in [1.54, 1.807) is 7.11 Å². The molecule has 2 atom stereocenters. The maximum absolute atomic E-state index is 10.4. The summed E-state index contributed by atoms with van der Waals surface area (Å²) in [6.45, 7) is 6.02. The molecule has 0 aliphatic heterocycles. The summed E-state index contributed by atoms with van der Waals surface area (Å²) in [6.07, 6.45) is -0.615. The van der Waals surface area contributed by atoms with Crippen LogP contribution < -0.4 is 15.4 Å². The number of nitrogens with zero attached hydrogens (tertiary/aromatic N) is 1. The van der Waals surface area contributed by atoms with Gasteiger partial charge in [-0.3, -0.25) is 4.99 Å². The summed E-state index contributed by atoms with van der Waals surface area (Å²) < 4.78 is 5.14. The third-order valence-corrected chi connectivity index (χ3v) is 4.20. The molecule has 0 radical (unpaired) electrons. The molecular formula is C21H29N3O2. The van der Waals surface area contributed by atoms with Crippen molar-refractivity contribution in [3.05, 3.63) is 65.7 Å². The maximum Gasteiger partial charge on any atom is 0.191 e. The second-order valence-electron chi connectivity index (χ2n) is 6.20. The molecule has 0 saturated heterocycles. The minimum Gasteiger partial charge on any atom is -0.497 e. The number of rotatable bonds is 8. The zero-order valence-corrected chi connectivity index (χ0v) is 15.8. The van der Waals surface area contributed by atoms with E-state index in [4.69, 9.17) is 4.74 Å². The van der Waals surface area contributed by atoms with E-state index in [9.17, 15) is 5.11 Å². The van der Waals surface area contributed by atoms with Gasteiger partial charge < -0.3 is 20.5 Å². The number of methoxy groups -OCH3 is 1. The van der Waals surface area contributed by atoms with Gasteiger partial charge in [0.05, 0.1) is 13.2 Å². The molecule has 2 aromatic rings. The summed E-state index contributed by atoms with van der Waals surface area (Å²) in [4.78, 5) is 4.65. The third-order valence-electron chi connectivity index (χ3n) is 4.20. The first-order valence-electron chi connectivity index (χ1n) is 9.03. The van der Waals surface area contributed by atoms with Gasteiger partial charge in [-0.2, -0.15) is 0 Å². The number of aliphatic hydroxyl groups excluding tert-OH is 1. The van der Waals surface area contributed by atoms with Crippen molar-refractivity contribution in [3.8, 4) is 5.75 Å². The average Bonchev–Trinajstić information content (AvgIpc) is 2.70. The molecule has 26 heavy (non-hydrogen) atoms. The van der Waals surface area contributed by atoms with Gasteiger partial charge in [-0.15, -0.1) is 0 Å². The predicted molar refractivity (Wildman–Crippen MR) is 107 cm³/mol. The molecule has 0 heterocycles. The highest BCUT2D eigenvalue weighted by Gasteiger charge is 2.09. The lowest BCUT2D eigenvalue weighted by Crippen LogP contribution is -2.39. The number of benzene rings is 2. The molecule has 5 heteroatoms. The number of aliphatic hydroxyl groups is 1. The maximum atomic E-state index is 10.4. The Morgan fingerprint density at radius 3 is 2.35 bits per heavy atom. The van der Waals surface area contributed by atoms with Crippen molar-refractivity contribution in [1.29, 1.82) is 0 Å². The van der Waals surface area contributed by atoms with Crippen molar-refractivity contribution in [2.75, 3.05) is 26.7 Å². The van der Waals surface area contributed by atoms with E-state index in [1.165, 1.54) is 5.56 Å². The van der Waals surface area contributed by atoms with E-state index in [0.717, 1.165) is 17.9 Å². The lowest BCUT2D eigenvalue weighted by atomic mass is 10.0. The molecule has 0 aromatic heterocycles. The first kappa shape index (κ1) is 19.8. The molecule has 0 fully saturated rings. The minimum absolute atomic E-state index is 0.332. The average molecular weight is 355 g/mol. The molecule has 140 valence electrons. The van der Waals surface area contributed by atoms with Gasteiger partial charge in [-0.25, -0.2) is 0 Å². The molecule has 0 spiro atoms. The van der Waals surface area contributed by atoms with Crippen LogP contribution in [0.1, 0.15) is 37.0 Å². The summed E-state index contributed by atoms with van der Waals surface area (Å²) in [5.74, 6) is 1.82. The van der Waals surface area contributed by atoms with Crippen molar-refractivity contribution in [2.45, 2.75) is 25.9 Å². The lowest BCUT2D eigenvalue weighted by molar-refractivity contribution is 0.180. The van der Waals surface area contributed by atoms with Crippen LogP contribution in [0.5, 0.6) is 5.75 Å². The normalized spacial score (nSPS) is 13.8. The number of aliphatic imine (C=N–C) groups is 1. The smallest absolute Gasteiger partial charge is 0.191 e. The minimum atomic E-state index is -0.615. The molecule has 0 bridgehead atoms. The monoisotopic (exact) mass is 355 g/mol. The number of hydrogen-bond acceptors (Lipinski definition) is 3. The van der Waals surface area contributed by atoms with Crippen molar-refractivity contribution >= 4 is 5.96 Å². The van der Waals surface area contributed by atoms with Crippen LogP contribution in [0.2, 0.25) is 0 Å². The van der Waals surface area contributed by atoms with Gasteiger partial charge in [0.25, 0.3) is 0 Å². The zero-order valence-electron chi connectivity index (χ0n) is 15.8. The van der Waals surface area contributed by atoms with Crippen molar-refractivity contribution < 1.29 is 9.84 Å². The second-order valence-corrected chi connectivity index (χ2v) is 6.20. The van der Waals surface area contributed by atoms with E-state index in [-0.39, 0.29) is 0 Å². The van der Waals surface area contributed by atoms with Gasteiger partial charge in [-0.1, -0.05) is 49.4 Å². The molecule has 2 rings (SSSR count). The standard InChI is InChI=1S/C21H29N3O2/c1-4-22-21(23-14-16(2)17-8-6-5-7-9-17)24-15-20(25)18-10-12-19(26-3)13-11-18/h5-13,16,20,25H,4,14-15H2,1-3H3,(H2,22,23,24). The first-order valence-corrected chi connectivity index (χ1v) is 9.03. The van der Waals surface area contributed by atoms with Crippen molar-refractivity contribution in [1.82, 2.24) is 10.6 Å². The van der Waals surface area contributed by atoms with E-state index in [2.05, 4.69) is 34.7 Å². The SMILES string of the molecule is CCNC(=NCC(C)c1ccccc1)NCC(O)c1ccc(OC)cc1. The van der Waals surface area contributed by atoms with Gasteiger partial charge in [0.1, 0.15) is 5.75 Å². The van der Waals surface area contributed by atoms with Crippen LogP contribution in [0.25, 0.3) is 0 Å². The summed E-state index contributed by atoms with van der Waals surface area (Å²) in [5.41, 5.74) is 2.11. The molecule has 5 nitrogen and oxygen atoms in total. The predicted octanol–water partition coefficient (Wildman–Crippen LogP) is 3.09. The Balaban J connectivity index is 1.91. The van der Waals surface area contributed by atoms with E-state index in [1.807, 2.05) is 49.4 Å². The Labute approximate surface area is 156 Å². The van der Waals surface area contributed by atoms with Gasteiger partial charge in [0, 0.05) is 25.6 Å². The Kier molecular flexibility index (Phi) is 7.96. The summed E-state index contributed by atoms with van der Waals surface area (Å²) in [5, 5.41) is 16.8. The Morgan fingerprint density at radius 1 is 1.04 bits per heavy atom. The molecule has 0 aliphatic rings. The molecular weight excluding hydrogens is 326 g/mol. The highest BCUT2D eigenvalue weighted by atomic mass is 16.5. The largest absolute Gasteiger partial charge is 0.497 e. The fourth-order valence-corrected chi connectivity index (χ4v) is 2.59. The number of guanidine groups is 1. The van der Waals surface area contributed by atoms with E-state index >= 15 is 0 Å². The number of hydrogen-bond donors (Lipinski definition) is 3. The summed E-state index contributed by atoms with van der Waals surface area (Å²) in [7, 11) is 1.63. The van der Waals surface area contributed by atoms with Gasteiger partial charge in [0.15, 0.2) is 5.96 Å². The van der Waals surface area contributed by atoms with E-state index < -0.39 is 6.10 Å². The second kappa shape index (κ2) is 10.5. The molecule has 0 saturated carbocycles. The number of nitrogens with one attached hydrogen (secondary N) is 2. The van der Waals surface area contributed by atoms with Crippen LogP contribution in [-0.2, 0) is 0 Å². The lowest BCUT2D eigenvalue weighted by Gasteiger charge is -2.17. The van der Waals surface area contributed by atoms with Crippen LogP contribution in [0.3, 0.4) is 0 Å². The zero-order chi connectivity index (χ0) is 18.8. The molecule has 0 aliphatic carbocycles. The Hall–Kier alpha value is -2.53. The van der Waals surface area contributed by atoms with Crippen LogP contribution in [0.15, 0.2) is 59.6 Å². The van der Waals surface area contributed by atoms with Gasteiger partial charge in [-0.05, 0) is 30.2 Å². The van der Waals surface area contributed by atoms with Gasteiger partial charge in [0.2, 0.25) is 0 Å². The Bertz CT molecular complexity index is 671. The first-order chi connectivity index (χ1) is 12.6. The molecule has 3 N–H and O–H groups in total. The van der Waals surface area contributed by atoms with Gasteiger partial charge >= 0.3 is 0 Å². The highest BCUT2D eigenvalue weighted by molar-refractivity contribution is 5.79. The van der Waals surface area contributed by atoms with Crippen LogP contribution in [-0.4, -0.2) is 37.8 Å². The molecule has 2 unspecified atom stereocenters. The summed E-state index contributed by atoms with van der Waals surface area (Å²) >= 11 is 0.